The maximum atomic E-state index is 12.5. The van der Waals surface area contributed by atoms with Crippen molar-refractivity contribution in [1.29, 1.82) is 0 Å². The molecule has 5 heteroatoms. The number of para-hydroxylation sites is 1. The van der Waals surface area contributed by atoms with E-state index >= 15 is 0 Å². The topological polar surface area (TPSA) is 48.5 Å². The second kappa shape index (κ2) is 8.36. The van der Waals surface area contributed by atoms with Gasteiger partial charge in [0.2, 0.25) is 0 Å². The van der Waals surface area contributed by atoms with E-state index in [1.165, 1.54) is 0 Å². The number of carbonyl (C=O) groups is 1. The molecule has 2 aromatic carbocycles. The number of anilines is 4. The second-order valence-electron chi connectivity index (χ2n) is 6.38. The summed E-state index contributed by atoms with van der Waals surface area (Å²) < 4.78 is 0. The molecule has 0 aliphatic carbocycles. The van der Waals surface area contributed by atoms with E-state index in [9.17, 15) is 4.79 Å². The third-order valence-electron chi connectivity index (χ3n) is 4.31. The van der Waals surface area contributed by atoms with Crippen LogP contribution in [0.5, 0.6) is 0 Å². The number of nitrogens with zero attached hydrogens (tertiary/aromatic N) is 3. The van der Waals surface area contributed by atoms with Gasteiger partial charge in [-0.25, -0.2) is 4.98 Å². The highest BCUT2D eigenvalue weighted by atomic mass is 16.1. The van der Waals surface area contributed by atoms with E-state index in [-0.39, 0.29) is 5.91 Å². The Hall–Kier alpha value is -3.34. The molecule has 0 bridgehead atoms. The molecule has 138 valence electrons. The minimum absolute atomic E-state index is 0.172. The zero-order chi connectivity index (χ0) is 19.2. The Labute approximate surface area is 160 Å². The van der Waals surface area contributed by atoms with Crippen LogP contribution in [0.1, 0.15) is 17.3 Å². The van der Waals surface area contributed by atoms with Gasteiger partial charge in [-0.3, -0.25) is 4.79 Å². The number of hydrogen-bond donors (Lipinski definition) is 1. The molecule has 1 amide bonds. The van der Waals surface area contributed by atoms with Crippen LogP contribution in [0.25, 0.3) is 0 Å². The fourth-order valence-electron chi connectivity index (χ4n) is 2.81. The van der Waals surface area contributed by atoms with Crippen molar-refractivity contribution in [1.82, 2.24) is 4.98 Å². The molecule has 0 atom stereocenters. The SMILES string of the molecule is CCN(c1ccccc1)c1ccc(C(=O)Nc2ccc(N(C)C)cc2)cn1. The Kier molecular flexibility index (Phi) is 5.71. The zero-order valence-electron chi connectivity index (χ0n) is 15.9. The summed E-state index contributed by atoms with van der Waals surface area (Å²) in [7, 11) is 3.96. The first-order valence-corrected chi connectivity index (χ1v) is 8.96. The molecule has 27 heavy (non-hydrogen) atoms. The molecule has 0 radical (unpaired) electrons. The first kappa shape index (κ1) is 18.5. The Bertz CT molecular complexity index is 874. The zero-order valence-corrected chi connectivity index (χ0v) is 15.9. The van der Waals surface area contributed by atoms with Gasteiger partial charge >= 0.3 is 0 Å². The molecule has 3 aromatic rings. The van der Waals surface area contributed by atoms with Crippen molar-refractivity contribution in [2.24, 2.45) is 0 Å². The molecule has 0 unspecified atom stereocenters. The number of carbonyl (C=O) groups excluding carboxylic acids is 1. The molecular weight excluding hydrogens is 336 g/mol. The highest BCUT2D eigenvalue weighted by molar-refractivity contribution is 6.04. The van der Waals surface area contributed by atoms with Gasteiger partial charge in [-0.05, 0) is 55.5 Å². The molecule has 5 nitrogen and oxygen atoms in total. The predicted octanol–water partition coefficient (Wildman–Crippen LogP) is 4.56. The smallest absolute Gasteiger partial charge is 0.257 e. The van der Waals surface area contributed by atoms with Gasteiger partial charge < -0.3 is 15.1 Å². The van der Waals surface area contributed by atoms with Gasteiger partial charge in [0.15, 0.2) is 0 Å². The highest BCUT2D eigenvalue weighted by Crippen LogP contribution is 2.23. The van der Waals surface area contributed by atoms with E-state index in [0.717, 1.165) is 29.4 Å². The van der Waals surface area contributed by atoms with Gasteiger partial charge in [0, 0.05) is 43.9 Å². The van der Waals surface area contributed by atoms with Crippen molar-refractivity contribution < 1.29 is 4.79 Å². The molecule has 3 rings (SSSR count). The lowest BCUT2D eigenvalue weighted by molar-refractivity contribution is 0.102. The number of nitrogens with one attached hydrogen (secondary N) is 1. The van der Waals surface area contributed by atoms with Gasteiger partial charge in [-0.15, -0.1) is 0 Å². The summed E-state index contributed by atoms with van der Waals surface area (Å²) >= 11 is 0. The van der Waals surface area contributed by atoms with Crippen LogP contribution in [0.2, 0.25) is 0 Å². The third kappa shape index (κ3) is 4.44. The lowest BCUT2D eigenvalue weighted by Gasteiger charge is -2.22. The summed E-state index contributed by atoms with van der Waals surface area (Å²) in [6, 6.07) is 21.5. The van der Waals surface area contributed by atoms with Crippen LogP contribution in [0.4, 0.5) is 22.9 Å². The van der Waals surface area contributed by atoms with E-state index in [1.807, 2.05) is 79.7 Å². The van der Waals surface area contributed by atoms with Crippen molar-refractivity contribution in [2.45, 2.75) is 6.92 Å². The number of benzene rings is 2. The minimum atomic E-state index is -0.172. The minimum Gasteiger partial charge on any atom is -0.378 e. The standard InChI is InChI=1S/C22H24N4O/c1-4-26(20-8-6-5-7-9-20)21-15-10-17(16-23-21)22(27)24-18-11-13-19(14-12-18)25(2)3/h5-16H,4H2,1-3H3,(H,24,27). The Morgan fingerprint density at radius 3 is 2.19 bits per heavy atom. The van der Waals surface area contributed by atoms with Crippen molar-refractivity contribution in [3.8, 4) is 0 Å². The van der Waals surface area contributed by atoms with Crippen LogP contribution in [0.3, 0.4) is 0 Å². The van der Waals surface area contributed by atoms with E-state index in [2.05, 4.69) is 22.1 Å². The van der Waals surface area contributed by atoms with Crippen LogP contribution < -0.4 is 15.1 Å². The predicted molar refractivity (Wildman–Crippen MR) is 112 cm³/mol. The number of amides is 1. The van der Waals surface area contributed by atoms with Crippen LogP contribution in [-0.2, 0) is 0 Å². The van der Waals surface area contributed by atoms with Crippen molar-refractivity contribution in [3.63, 3.8) is 0 Å². The lowest BCUT2D eigenvalue weighted by Crippen LogP contribution is -2.18. The first-order valence-electron chi connectivity index (χ1n) is 8.96. The Morgan fingerprint density at radius 1 is 0.926 bits per heavy atom. The summed E-state index contributed by atoms with van der Waals surface area (Å²) in [5.74, 6) is 0.644. The number of hydrogen-bond acceptors (Lipinski definition) is 4. The highest BCUT2D eigenvalue weighted by Gasteiger charge is 2.11. The Morgan fingerprint density at radius 2 is 1.63 bits per heavy atom. The van der Waals surface area contributed by atoms with Crippen molar-refractivity contribution in [2.75, 3.05) is 35.8 Å². The number of pyridine rings is 1. The van der Waals surface area contributed by atoms with E-state index in [0.29, 0.717) is 5.56 Å². The van der Waals surface area contributed by atoms with Crippen LogP contribution in [0.15, 0.2) is 72.9 Å². The summed E-state index contributed by atoms with van der Waals surface area (Å²) in [5.41, 5.74) is 3.44. The molecule has 0 saturated heterocycles. The molecule has 1 heterocycles. The van der Waals surface area contributed by atoms with Gasteiger partial charge in [-0.2, -0.15) is 0 Å². The van der Waals surface area contributed by atoms with Crippen molar-refractivity contribution in [3.05, 3.63) is 78.5 Å². The fourth-order valence-corrected chi connectivity index (χ4v) is 2.81. The quantitative estimate of drug-likeness (QED) is 0.700. The van der Waals surface area contributed by atoms with Gasteiger partial charge in [0.1, 0.15) is 5.82 Å². The van der Waals surface area contributed by atoms with Gasteiger partial charge in [0.25, 0.3) is 5.91 Å². The average Bonchev–Trinajstić information content (AvgIpc) is 2.70. The summed E-state index contributed by atoms with van der Waals surface area (Å²) in [4.78, 5) is 21.1. The molecule has 0 saturated carbocycles. The molecule has 0 spiro atoms. The third-order valence-corrected chi connectivity index (χ3v) is 4.31. The fraction of sp³-hybridized carbons (Fsp3) is 0.182. The van der Waals surface area contributed by atoms with E-state index < -0.39 is 0 Å². The number of rotatable bonds is 6. The molecule has 1 N–H and O–H groups in total. The van der Waals surface area contributed by atoms with E-state index in [4.69, 9.17) is 0 Å². The normalized spacial score (nSPS) is 10.3. The summed E-state index contributed by atoms with van der Waals surface area (Å²) in [6.45, 7) is 2.87. The lowest BCUT2D eigenvalue weighted by atomic mass is 10.2. The summed E-state index contributed by atoms with van der Waals surface area (Å²) in [5, 5.41) is 2.91. The van der Waals surface area contributed by atoms with Crippen molar-refractivity contribution >= 4 is 28.8 Å². The second-order valence-corrected chi connectivity index (χ2v) is 6.38. The van der Waals surface area contributed by atoms with Crippen LogP contribution in [0, 0.1) is 0 Å². The van der Waals surface area contributed by atoms with Gasteiger partial charge in [0.05, 0.1) is 5.56 Å². The molecule has 1 aromatic heterocycles. The molecule has 0 aliphatic rings. The number of aromatic nitrogens is 1. The monoisotopic (exact) mass is 360 g/mol. The van der Waals surface area contributed by atoms with Crippen LogP contribution in [-0.4, -0.2) is 31.5 Å². The van der Waals surface area contributed by atoms with Gasteiger partial charge in [-0.1, -0.05) is 18.2 Å². The van der Waals surface area contributed by atoms with E-state index in [1.54, 1.807) is 12.3 Å². The maximum Gasteiger partial charge on any atom is 0.257 e. The molecular formula is C22H24N4O. The first-order chi connectivity index (χ1) is 13.1. The Balaban J connectivity index is 1.71. The molecule has 0 fully saturated rings. The summed E-state index contributed by atoms with van der Waals surface area (Å²) in [6.07, 6.45) is 1.62. The van der Waals surface area contributed by atoms with Crippen LogP contribution >= 0.6 is 0 Å². The average molecular weight is 360 g/mol. The largest absolute Gasteiger partial charge is 0.378 e. The molecule has 0 aliphatic heterocycles. The maximum absolute atomic E-state index is 12.5.